The molecule has 0 aromatic heterocycles. The fourth-order valence-electron chi connectivity index (χ4n) is 1.70. The Morgan fingerprint density at radius 1 is 1.19 bits per heavy atom. The molecule has 21 heavy (non-hydrogen) atoms. The Hall–Kier alpha value is -1.50. The molecule has 2 aromatic rings. The number of hydrogen-bond donors (Lipinski definition) is 2. The van der Waals surface area contributed by atoms with Gasteiger partial charge in [-0.25, -0.2) is 12.8 Å². The molecule has 2 rings (SSSR count). The first kappa shape index (κ1) is 15.9. The van der Waals surface area contributed by atoms with Gasteiger partial charge in [-0.15, -0.1) is 0 Å². The average Bonchev–Trinajstić information content (AvgIpc) is 2.39. The van der Waals surface area contributed by atoms with Crippen molar-refractivity contribution >= 4 is 44.6 Å². The third-order valence-electron chi connectivity index (χ3n) is 2.74. The van der Waals surface area contributed by atoms with Crippen LogP contribution in [0, 0.1) is 12.7 Å². The molecule has 0 aliphatic heterocycles. The zero-order chi connectivity index (χ0) is 15.8. The maximum absolute atomic E-state index is 13.6. The van der Waals surface area contributed by atoms with E-state index in [1.165, 1.54) is 24.3 Å². The molecule has 2 aromatic carbocycles. The van der Waals surface area contributed by atoms with Crippen LogP contribution in [-0.4, -0.2) is 8.42 Å². The lowest BCUT2D eigenvalue weighted by Crippen LogP contribution is -2.14. The van der Waals surface area contributed by atoms with Crippen LogP contribution in [0.15, 0.2) is 35.2 Å². The number of hydrogen-bond acceptors (Lipinski definition) is 3. The quantitative estimate of drug-likeness (QED) is 0.828. The minimum absolute atomic E-state index is 0.110. The number of rotatable bonds is 3. The number of nitrogens with one attached hydrogen (secondary N) is 1. The Morgan fingerprint density at radius 2 is 1.86 bits per heavy atom. The Kier molecular flexibility index (Phi) is 4.32. The van der Waals surface area contributed by atoms with E-state index in [0.29, 0.717) is 5.56 Å². The molecule has 0 bridgehead atoms. The van der Waals surface area contributed by atoms with Crippen LogP contribution in [0.2, 0.25) is 10.0 Å². The lowest BCUT2D eigenvalue weighted by atomic mass is 10.2. The highest BCUT2D eigenvalue weighted by Crippen LogP contribution is 2.28. The van der Waals surface area contributed by atoms with Crippen LogP contribution in [0.4, 0.5) is 15.8 Å². The molecule has 0 fully saturated rings. The summed E-state index contributed by atoms with van der Waals surface area (Å²) in [6.07, 6.45) is 0. The summed E-state index contributed by atoms with van der Waals surface area (Å²) < 4.78 is 40.3. The van der Waals surface area contributed by atoms with Gasteiger partial charge in [-0.05, 0) is 42.8 Å². The van der Waals surface area contributed by atoms with Crippen LogP contribution in [0.3, 0.4) is 0 Å². The minimum Gasteiger partial charge on any atom is -0.397 e. The summed E-state index contributed by atoms with van der Waals surface area (Å²) in [5, 5.41) is 0.490. The van der Waals surface area contributed by atoms with Gasteiger partial charge in [0, 0.05) is 5.02 Å². The summed E-state index contributed by atoms with van der Waals surface area (Å²) in [5.41, 5.74) is 6.04. The van der Waals surface area contributed by atoms with E-state index in [-0.39, 0.29) is 26.3 Å². The standard InChI is InChI=1S/C13H11Cl2FN2O2S/c1-7-4-9(6-11(17)13(7)15)21(19,20)18-12-5-8(14)2-3-10(12)16/h2-6,18H,17H2,1H3. The highest BCUT2D eigenvalue weighted by molar-refractivity contribution is 7.92. The first-order chi connectivity index (χ1) is 9.70. The van der Waals surface area contributed by atoms with E-state index in [1.807, 2.05) is 0 Å². The molecule has 0 atom stereocenters. The van der Waals surface area contributed by atoms with Crippen LogP contribution in [0.5, 0.6) is 0 Å². The summed E-state index contributed by atoms with van der Waals surface area (Å²) >= 11 is 11.6. The first-order valence-electron chi connectivity index (χ1n) is 5.74. The van der Waals surface area contributed by atoms with Gasteiger partial charge in [-0.1, -0.05) is 23.2 Å². The Morgan fingerprint density at radius 3 is 2.48 bits per heavy atom. The van der Waals surface area contributed by atoms with Gasteiger partial charge in [0.1, 0.15) is 5.82 Å². The number of nitrogens with two attached hydrogens (primary N) is 1. The summed E-state index contributed by atoms with van der Waals surface area (Å²) in [6.45, 7) is 1.62. The SMILES string of the molecule is Cc1cc(S(=O)(=O)Nc2cc(Cl)ccc2F)cc(N)c1Cl. The Balaban J connectivity index is 2.46. The van der Waals surface area contributed by atoms with E-state index < -0.39 is 15.8 Å². The summed E-state index contributed by atoms with van der Waals surface area (Å²) in [5.74, 6) is -0.735. The smallest absolute Gasteiger partial charge is 0.262 e. The number of halogens is 3. The second-order valence-electron chi connectivity index (χ2n) is 4.37. The molecule has 0 aliphatic carbocycles. The molecule has 4 nitrogen and oxygen atoms in total. The van der Waals surface area contributed by atoms with E-state index in [4.69, 9.17) is 28.9 Å². The molecule has 8 heteroatoms. The van der Waals surface area contributed by atoms with Crippen molar-refractivity contribution in [3.05, 3.63) is 51.8 Å². The Labute approximate surface area is 131 Å². The predicted molar refractivity (Wildman–Crippen MR) is 82.8 cm³/mol. The highest BCUT2D eigenvalue weighted by atomic mass is 35.5. The lowest BCUT2D eigenvalue weighted by molar-refractivity contribution is 0.598. The third-order valence-corrected chi connectivity index (χ3v) is 4.84. The molecule has 112 valence electrons. The summed E-state index contributed by atoms with van der Waals surface area (Å²) in [7, 11) is -4.00. The topological polar surface area (TPSA) is 72.2 Å². The van der Waals surface area contributed by atoms with Gasteiger partial charge in [-0.2, -0.15) is 0 Å². The molecule has 0 heterocycles. The first-order valence-corrected chi connectivity index (χ1v) is 7.98. The third kappa shape index (κ3) is 3.40. The molecule has 0 radical (unpaired) electrons. The van der Waals surface area contributed by atoms with E-state index >= 15 is 0 Å². The van der Waals surface area contributed by atoms with Crippen LogP contribution in [0.1, 0.15) is 5.56 Å². The molecular formula is C13H11Cl2FN2O2S. The monoisotopic (exact) mass is 348 g/mol. The zero-order valence-electron chi connectivity index (χ0n) is 10.8. The van der Waals surface area contributed by atoms with Crippen LogP contribution < -0.4 is 10.5 Å². The van der Waals surface area contributed by atoms with Crippen LogP contribution in [-0.2, 0) is 10.0 Å². The van der Waals surface area contributed by atoms with Crippen LogP contribution in [0.25, 0.3) is 0 Å². The van der Waals surface area contributed by atoms with Gasteiger partial charge in [0.15, 0.2) is 0 Å². The second kappa shape index (κ2) is 5.71. The van der Waals surface area contributed by atoms with Crippen molar-refractivity contribution in [3.8, 4) is 0 Å². The van der Waals surface area contributed by atoms with Gasteiger partial charge in [0.05, 0.1) is 21.3 Å². The molecule has 0 saturated carbocycles. The van der Waals surface area contributed by atoms with Crippen LogP contribution >= 0.6 is 23.2 Å². The Bertz CT molecular complexity index is 787. The highest BCUT2D eigenvalue weighted by Gasteiger charge is 2.18. The van der Waals surface area contributed by atoms with Crippen molar-refractivity contribution in [1.82, 2.24) is 0 Å². The van der Waals surface area contributed by atoms with E-state index in [9.17, 15) is 12.8 Å². The largest absolute Gasteiger partial charge is 0.397 e. The average molecular weight is 349 g/mol. The van der Waals surface area contributed by atoms with Gasteiger partial charge < -0.3 is 5.73 Å². The van der Waals surface area contributed by atoms with Crippen molar-refractivity contribution in [2.45, 2.75) is 11.8 Å². The summed E-state index contributed by atoms with van der Waals surface area (Å²) in [4.78, 5) is -0.110. The minimum atomic E-state index is -4.00. The van der Waals surface area contributed by atoms with Crippen molar-refractivity contribution < 1.29 is 12.8 Å². The normalized spacial score (nSPS) is 11.4. The predicted octanol–water partition coefficient (Wildman–Crippen LogP) is 3.82. The lowest BCUT2D eigenvalue weighted by Gasteiger charge is -2.11. The van der Waals surface area contributed by atoms with Crippen molar-refractivity contribution in [1.29, 1.82) is 0 Å². The number of sulfonamides is 1. The fraction of sp³-hybridized carbons (Fsp3) is 0.0769. The van der Waals surface area contributed by atoms with Crippen molar-refractivity contribution in [2.75, 3.05) is 10.5 Å². The molecule has 0 saturated heterocycles. The summed E-state index contributed by atoms with van der Waals surface area (Å²) in [6, 6.07) is 6.13. The van der Waals surface area contributed by atoms with Gasteiger partial charge in [0.25, 0.3) is 10.0 Å². The maximum atomic E-state index is 13.6. The van der Waals surface area contributed by atoms with Gasteiger partial charge >= 0.3 is 0 Å². The number of benzene rings is 2. The van der Waals surface area contributed by atoms with E-state index in [0.717, 1.165) is 6.07 Å². The van der Waals surface area contributed by atoms with Crippen molar-refractivity contribution in [2.24, 2.45) is 0 Å². The van der Waals surface area contributed by atoms with Crippen molar-refractivity contribution in [3.63, 3.8) is 0 Å². The second-order valence-corrected chi connectivity index (χ2v) is 6.87. The molecule has 0 amide bonds. The number of nitrogen functional groups attached to an aromatic ring is 1. The molecule has 0 unspecified atom stereocenters. The van der Waals surface area contributed by atoms with Gasteiger partial charge in [-0.3, -0.25) is 4.72 Å². The zero-order valence-corrected chi connectivity index (χ0v) is 13.2. The van der Waals surface area contributed by atoms with Gasteiger partial charge in [0.2, 0.25) is 0 Å². The fourth-order valence-corrected chi connectivity index (χ4v) is 3.16. The van der Waals surface area contributed by atoms with E-state index in [2.05, 4.69) is 4.72 Å². The molecular weight excluding hydrogens is 338 g/mol. The molecule has 0 spiro atoms. The molecule has 0 aliphatic rings. The molecule has 3 N–H and O–H groups in total. The number of anilines is 2. The number of aryl methyl sites for hydroxylation is 1. The maximum Gasteiger partial charge on any atom is 0.262 e. The van der Waals surface area contributed by atoms with E-state index in [1.54, 1.807) is 6.92 Å².